The third-order valence-electron chi connectivity index (χ3n) is 2.46. The Labute approximate surface area is 111 Å². The highest BCUT2D eigenvalue weighted by molar-refractivity contribution is 6.08. The number of hydrogen-bond acceptors (Lipinski definition) is 4. The molecular formula is C13H16N2O4. The van der Waals surface area contributed by atoms with Gasteiger partial charge in [0.25, 0.3) is 0 Å². The molecule has 1 heterocycles. The van der Waals surface area contributed by atoms with Gasteiger partial charge in [-0.25, -0.2) is 4.79 Å². The molecule has 6 heteroatoms. The molecule has 0 aliphatic carbocycles. The Bertz CT molecular complexity index is 534. The Hall–Kier alpha value is -2.24. The second-order valence-electron chi connectivity index (χ2n) is 5.32. The molecule has 0 saturated heterocycles. The zero-order valence-corrected chi connectivity index (χ0v) is 11.1. The standard InChI is InChI=1S/C13H16N2O4/c1-13(2,3)19-12(18)15-7-11(17)14-9-5-4-8(16)6-10(9)15/h4-6,16H,7H2,1-3H3,(H,14,17). The maximum Gasteiger partial charge on any atom is 0.415 e. The van der Waals surface area contributed by atoms with E-state index in [2.05, 4.69) is 5.32 Å². The maximum atomic E-state index is 12.1. The number of phenols is 1. The molecule has 1 aromatic carbocycles. The molecular weight excluding hydrogens is 248 g/mol. The number of benzene rings is 1. The number of phenolic OH excluding ortho intramolecular Hbond substituents is 1. The van der Waals surface area contributed by atoms with Crippen LogP contribution in [0.15, 0.2) is 18.2 Å². The summed E-state index contributed by atoms with van der Waals surface area (Å²) in [6, 6.07) is 4.40. The van der Waals surface area contributed by atoms with E-state index in [1.807, 2.05) is 0 Å². The van der Waals surface area contributed by atoms with Crippen molar-refractivity contribution in [3.05, 3.63) is 18.2 Å². The molecule has 1 aliphatic rings. The van der Waals surface area contributed by atoms with Crippen LogP contribution in [0.5, 0.6) is 5.75 Å². The number of fused-ring (bicyclic) bond motifs is 1. The molecule has 19 heavy (non-hydrogen) atoms. The van der Waals surface area contributed by atoms with Gasteiger partial charge in [-0.2, -0.15) is 0 Å². The van der Waals surface area contributed by atoms with Crippen LogP contribution in [0.1, 0.15) is 20.8 Å². The van der Waals surface area contributed by atoms with Crippen LogP contribution in [0, 0.1) is 0 Å². The van der Waals surface area contributed by atoms with Crippen LogP contribution in [0.2, 0.25) is 0 Å². The lowest BCUT2D eigenvalue weighted by Crippen LogP contribution is -2.44. The smallest absolute Gasteiger partial charge is 0.415 e. The highest BCUT2D eigenvalue weighted by atomic mass is 16.6. The third-order valence-corrected chi connectivity index (χ3v) is 2.46. The van der Waals surface area contributed by atoms with Gasteiger partial charge in [-0.1, -0.05) is 0 Å². The number of nitrogens with one attached hydrogen (secondary N) is 1. The van der Waals surface area contributed by atoms with Crippen molar-refractivity contribution in [3.8, 4) is 5.75 Å². The molecule has 0 bridgehead atoms. The first-order valence-corrected chi connectivity index (χ1v) is 5.90. The fraction of sp³-hybridized carbons (Fsp3) is 0.385. The molecule has 0 aromatic heterocycles. The van der Waals surface area contributed by atoms with Gasteiger partial charge in [0.1, 0.15) is 17.9 Å². The van der Waals surface area contributed by atoms with E-state index in [1.165, 1.54) is 17.0 Å². The monoisotopic (exact) mass is 264 g/mol. The normalized spacial score (nSPS) is 14.7. The largest absolute Gasteiger partial charge is 0.508 e. The van der Waals surface area contributed by atoms with Gasteiger partial charge in [0.15, 0.2) is 0 Å². The van der Waals surface area contributed by atoms with E-state index in [0.29, 0.717) is 11.4 Å². The maximum absolute atomic E-state index is 12.1. The molecule has 0 radical (unpaired) electrons. The average Bonchev–Trinajstić information content (AvgIpc) is 2.26. The van der Waals surface area contributed by atoms with Crippen molar-refractivity contribution in [2.24, 2.45) is 0 Å². The zero-order valence-electron chi connectivity index (χ0n) is 11.1. The van der Waals surface area contributed by atoms with E-state index in [4.69, 9.17) is 4.74 Å². The van der Waals surface area contributed by atoms with E-state index in [-0.39, 0.29) is 18.2 Å². The van der Waals surface area contributed by atoms with Crippen LogP contribution in [0.4, 0.5) is 16.2 Å². The molecule has 102 valence electrons. The van der Waals surface area contributed by atoms with E-state index in [0.717, 1.165) is 0 Å². The summed E-state index contributed by atoms with van der Waals surface area (Å²) >= 11 is 0. The summed E-state index contributed by atoms with van der Waals surface area (Å²) in [6.45, 7) is 5.11. The van der Waals surface area contributed by atoms with Crippen molar-refractivity contribution >= 4 is 23.4 Å². The topological polar surface area (TPSA) is 78.9 Å². The minimum absolute atomic E-state index is 0.0171. The minimum Gasteiger partial charge on any atom is -0.508 e. The van der Waals surface area contributed by atoms with Gasteiger partial charge in [0.2, 0.25) is 5.91 Å². The summed E-state index contributed by atoms with van der Waals surface area (Å²) in [5, 5.41) is 12.1. The number of anilines is 2. The number of carbonyl (C=O) groups is 2. The number of carbonyl (C=O) groups excluding carboxylic acids is 2. The zero-order chi connectivity index (χ0) is 14.2. The molecule has 0 saturated carbocycles. The highest BCUT2D eigenvalue weighted by Crippen LogP contribution is 2.33. The molecule has 2 rings (SSSR count). The predicted octanol–water partition coefficient (Wildman–Crippen LogP) is 2.09. The molecule has 0 fully saturated rings. The van der Waals surface area contributed by atoms with Crippen molar-refractivity contribution < 1.29 is 19.4 Å². The lowest BCUT2D eigenvalue weighted by molar-refractivity contribution is -0.115. The molecule has 2 N–H and O–H groups in total. The van der Waals surface area contributed by atoms with Crippen molar-refractivity contribution in [1.82, 2.24) is 0 Å². The van der Waals surface area contributed by atoms with Crippen molar-refractivity contribution in [2.45, 2.75) is 26.4 Å². The summed E-state index contributed by atoms with van der Waals surface area (Å²) in [5.41, 5.74) is 0.246. The first kappa shape index (κ1) is 13.2. The number of hydrogen-bond donors (Lipinski definition) is 2. The lowest BCUT2D eigenvalue weighted by Gasteiger charge is -2.31. The molecule has 0 unspecified atom stereocenters. The first-order chi connectivity index (χ1) is 8.76. The molecule has 6 nitrogen and oxygen atoms in total. The fourth-order valence-corrected chi connectivity index (χ4v) is 1.75. The van der Waals surface area contributed by atoms with Gasteiger partial charge in [0, 0.05) is 6.07 Å². The number of amides is 2. The Balaban J connectivity index is 2.34. The summed E-state index contributed by atoms with van der Waals surface area (Å²) in [7, 11) is 0. The average molecular weight is 264 g/mol. The van der Waals surface area contributed by atoms with Crippen molar-refractivity contribution in [1.29, 1.82) is 0 Å². The van der Waals surface area contributed by atoms with Gasteiger partial charge >= 0.3 is 6.09 Å². The van der Waals surface area contributed by atoms with Crippen molar-refractivity contribution in [3.63, 3.8) is 0 Å². The quantitative estimate of drug-likeness (QED) is 0.703. The lowest BCUT2D eigenvalue weighted by atomic mass is 10.2. The van der Waals surface area contributed by atoms with Gasteiger partial charge in [0.05, 0.1) is 11.4 Å². The molecule has 0 atom stereocenters. The molecule has 1 aliphatic heterocycles. The summed E-state index contributed by atoms with van der Waals surface area (Å²) in [5.74, 6) is -0.285. The van der Waals surface area contributed by atoms with Gasteiger partial charge in [-0.15, -0.1) is 0 Å². The summed E-state index contributed by atoms with van der Waals surface area (Å²) < 4.78 is 5.25. The second kappa shape index (κ2) is 4.46. The fourth-order valence-electron chi connectivity index (χ4n) is 1.75. The number of nitrogens with zero attached hydrogens (tertiary/aromatic N) is 1. The SMILES string of the molecule is CC(C)(C)OC(=O)N1CC(=O)Nc2ccc(O)cc21. The highest BCUT2D eigenvalue weighted by Gasteiger charge is 2.30. The number of rotatable bonds is 0. The Morgan fingerprint density at radius 2 is 2.11 bits per heavy atom. The number of ether oxygens (including phenoxy) is 1. The van der Waals surface area contributed by atoms with Crippen LogP contribution in [-0.4, -0.2) is 29.3 Å². The Kier molecular flexibility index (Phi) is 3.09. The van der Waals surface area contributed by atoms with Crippen LogP contribution >= 0.6 is 0 Å². The molecule has 2 amide bonds. The van der Waals surface area contributed by atoms with Gasteiger partial charge in [-0.3, -0.25) is 9.69 Å². The van der Waals surface area contributed by atoms with Crippen LogP contribution in [-0.2, 0) is 9.53 Å². The summed E-state index contributed by atoms with van der Waals surface area (Å²) in [6.07, 6.45) is -0.616. The second-order valence-corrected chi connectivity index (χ2v) is 5.32. The van der Waals surface area contributed by atoms with Gasteiger partial charge < -0.3 is 15.2 Å². The third kappa shape index (κ3) is 2.96. The Morgan fingerprint density at radius 1 is 1.42 bits per heavy atom. The van der Waals surface area contributed by atoms with E-state index < -0.39 is 11.7 Å². The number of aromatic hydroxyl groups is 1. The Morgan fingerprint density at radius 3 is 2.74 bits per heavy atom. The van der Waals surface area contributed by atoms with Crippen molar-refractivity contribution in [2.75, 3.05) is 16.8 Å². The summed E-state index contributed by atoms with van der Waals surface area (Å²) in [4.78, 5) is 24.9. The van der Waals surface area contributed by atoms with E-state index >= 15 is 0 Å². The molecule has 0 spiro atoms. The first-order valence-electron chi connectivity index (χ1n) is 5.90. The van der Waals surface area contributed by atoms with Crippen LogP contribution in [0.25, 0.3) is 0 Å². The van der Waals surface area contributed by atoms with Crippen LogP contribution in [0.3, 0.4) is 0 Å². The predicted molar refractivity (Wildman–Crippen MR) is 70.3 cm³/mol. The van der Waals surface area contributed by atoms with E-state index in [1.54, 1.807) is 26.8 Å². The van der Waals surface area contributed by atoms with Crippen LogP contribution < -0.4 is 10.2 Å². The molecule has 1 aromatic rings. The van der Waals surface area contributed by atoms with Gasteiger partial charge in [-0.05, 0) is 32.9 Å². The minimum atomic E-state index is -0.651. The van der Waals surface area contributed by atoms with E-state index in [9.17, 15) is 14.7 Å².